The van der Waals surface area contributed by atoms with Crippen LogP contribution in [0.1, 0.15) is 23.6 Å². The van der Waals surface area contributed by atoms with Crippen LogP contribution in [0.25, 0.3) is 77.2 Å². The van der Waals surface area contributed by atoms with E-state index in [-0.39, 0.29) is 6.04 Å². The molecule has 0 amide bonds. The average molecular weight is 716 g/mol. The largest absolute Gasteiger partial charge is 0.311 e. The molecule has 0 saturated carbocycles. The van der Waals surface area contributed by atoms with Crippen LogP contribution in [-0.4, -0.2) is 14.8 Å². The SMILES string of the molecule is C1=C(n2c3ccccc3c3ccc4c5ccccc5n(-c5cc(-c6ccccc6)cc(-c6ccccc6)c5)c4c32)CC(c2ccccc2)N=C1c1ccccc1. The molecule has 0 fully saturated rings. The van der Waals surface area contributed by atoms with Gasteiger partial charge in [0.25, 0.3) is 0 Å². The predicted octanol–water partition coefficient (Wildman–Crippen LogP) is 13.7. The summed E-state index contributed by atoms with van der Waals surface area (Å²) in [6.07, 6.45) is 3.10. The fraction of sp³-hybridized carbons (Fsp3) is 0.0377. The summed E-state index contributed by atoms with van der Waals surface area (Å²) in [6, 6.07) is 72.4. The van der Waals surface area contributed by atoms with Gasteiger partial charge in [0.2, 0.25) is 0 Å². The number of aliphatic imine (C=N–C) groups is 1. The van der Waals surface area contributed by atoms with Crippen LogP contribution >= 0.6 is 0 Å². The highest BCUT2D eigenvalue weighted by Crippen LogP contribution is 2.44. The second kappa shape index (κ2) is 13.3. The lowest BCUT2D eigenvalue weighted by Gasteiger charge is -2.24. The van der Waals surface area contributed by atoms with Crippen LogP contribution in [0, 0.1) is 0 Å². The van der Waals surface area contributed by atoms with Gasteiger partial charge in [0.1, 0.15) is 0 Å². The number of allylic oxidation sites excluding steroid dienone is 1. The van der Waals surface area contributed by atoms with E-state index in [1.807, 2.05) is 0 Å². The van der Waals surface area contributed by atoms with E-state index in [0.717, 1.165) is 23.4 Å². The number of nitrogens with zero attached hydrogens (tertiary/aromatic N) is 3. The standard InChI is InChI=1S/C53H37N3/c1-5-17-36(18-6-1)40-31-41(37-19-7-2-8-20-37)33-42(32-40)55-50-27-15-13-25-44(50)46-29-30-47-45-26-14-16-28-51(45)56(53(47)52(46)55)43-34-48(38-21-9-3-10-22-38)54-49(35-43)39-23-11-4-12-24-39/h1-34,49H,35H2. The van der Waals surface area contributed by atoms with Gasteiger partial charge in [-0.25, -0.2) is 0 Å². The maximum Gasteiger partial charge on any atom is 0.0811 e. The minimum Gasteiger partial charge on any atom is -0.311 e. The molecule has 0 aliphatic carbocycles. The quantitative estimate of drug-likeness (QED) is 0.164. The highest BCUT2D eigenvalue weighted by Gasteiger charge is 2.26. The summed E-state index contributed by atoms with van der Waals surface area (Å²) in [7, 11) is 0. The van der Waals surface area contributed by atoms with Crippen LogP contribution in [0.3, 0.4) is 0 Å². The molecular weight excluding hydrogens is 679 g/mol. The van der Waals surface area contributed by atoms with Crippen LogP contribution in [0.5, 0.6) is 0 Å². The minimum absolute atomic E-state index is 0.0244. The zero-order valence-corrected chi connectivity index (χ0v) is 30.8. The van der Waals surface area contributed by atoms with Crippen molar-refractivity contribution in [2.75, 3.05) is 0 Å². The first kappa shape index (κ1) is 32.2. The molecule has 2 aromatic heterocycles. The lowest BCUT2D eigenvalue weighted by atomic mass is 9.96. The molecule has 0 saturated heterocycles. The van der Waals surface area contributed by atoms with E-state index >= 15 is 0 Å². The lowest BCUT2D eigenvalue weighted by Crippen LogP contribution is -2.13. The fourth-order valence-electron chi connectivity index (χ4n) is 8.86. The van der Waals surface area contributed by atoms with Crippen molar-refractivity contribution in [2.45, 2.75) is 12.5 Å². The third-order valence-electron chi connectivity index (χ3n) is 11.4. The van der Waals surface area contributed by atoms with E-state index in [9.17, 15) is 0 Å². The van der Waals surface area contributed by atoms with Crippen molar-refractivity contribution in [3.05, 3.63) is 217 Å². The Kier molecular flexibility index (Phi) is 7.63. The molecule has 1 unspecified atom stereocenters. The lowest BCUT2D eigenvalue weighted by molar-refractivity contribution is 0.730. The van der Waals surface area contributed by atoms with Gasteiger partial charge in [0.15, 0.2) is 0 Å². The maximum atomic E-state index is 5.40. The Balaban J connectivity index is 1.25. The average Bonchev–Trinajstić information content (AvgIpc) is 3.81. The van der Waals surface area contributed by atoms with E-state index in [1.165, 1.54) is 77.1 Å². The summed E-state index contributed by atoms with van der Waals surface area (Å²) in [5.74, 6) is 0. The highest BCUT2D eigenvalue weighted by molar-refractivity contribution is 6.25. The number of hydrogen-bond acceptors (Lipinski definition) is 1. The Morgan fingerprint density at radius 3 is 1.43 bits per heavy atom. The van der Waals surface area contributed by atoms with Gasteiger partial charge in [-0.05, 0) is 69.8 Å². The van der Waals surface area contributed by atoms with Gasteiger partial charge in [0.05, 0.1) is 33.8 Å². The first-order chi connectivity index (χ1) is 27.8. The second-order valence-corrected chi connectivity index (χ2v) is 14.7. The molecule has 0 bridgehead atoms. The Hall–Kier alpha value is -7.23. The van der Waals surface area contributed by atoms with Gasteiger partial charge in [-0.1, -0.05) is 170 Å². The number of fused-ring (bicyclic) bond motifs is 7. The highest BCUT2D eigenvalue weighted by atomic mass is 15.1. The van der Waals surface area contributed by atoms with Gasteiger partial charge in [-0.2, -0.15) is 0 Å². The van der Waals surface area contributed by atoms with Crippen LogP contribution in [0.4, 0.5) is 0 Å². The van der Waals surface area contributed by atoms with Gasteiger partial charge in [-0.15, -0.1) is 0 Å². The van der Waals surface area contributed by atoms with Crippen molar-refractivity contribution >= 4 is 55.0 Å². The molecule has 264 valence electrons. The van der Waals surface area contributed by atoms with Crippen molar-refractivity contribution in [3.8, 4) is 27.9 Å². The predicted molar refractivity (Wildman–Crippen MR) is 236 cm³/mol. The Morgan fingerprint density at radius 2 is 0.857 bits per heavy atom. The molecule has 8 aromatic carbocycles. The van der Waals surface area contributed by atoms with Gasteiger partial charge in [-0.3, -0.25) is 4.99 Å². The third-order valence-corrected chi connectivity index (χ3v) is 11.4. The molecule has 0 N–H and O–H groups in total. The summed E-state index contributed by atoms with van der Waals surface area (Å²) in [5.41, 5.74) is 15.2. The molecule has 3 nitrogen and oxygen atoms in total. The smallest absolute Gasteiger partial charge is 0.0811 e. The Morgan fingerprint density at radius 1 is 0.393 bits per heavy atom. The zero-order valence-electron chi connectivity index (χ0n) is 30.8. The fourth-order valence-corrected chi connectivity index (χ4v) is 8.86. The number of aromatic nitrogens is 2. The molecular formula is C53H37N3. The Bertz CT molecular complexity index is 3070. The van der Waals surface area contributed by atoms with Crippen molar-refractivity contribution in [3.63, 3.8) is 0 Å². The van der Waals surface area contributed by atoms with Crippen molar-refractivity contribution in [2.24, 2.45) is 4.99 Å². The van der Waals surface area contributed by atoms with E-state index in [1.54, 1.807) is 0 Å². The van der Waals surface area contributed by atoms with Crippen molar-refractivity contribution in [1.82, 2.24) is 9.13 Å². The topological polar surface area (TPSA) is 22.2 Å². The first-order valence-electron chi connectivity index (χ1n) is 19.4. The maximum absolute atomic E-state index is 5.40. The molecule has 1 aliphatic heterocycles. The molecule has 0 radical (unpaired) electrons. The number of benzene rings is 8. The second-order valence-electron chi connectivity index (χ2n) is 14.7. The van der Waals surface area contributed by atoms with E-state index < -0.39 is 0 Å². The van der Waals surface area contributed by atoms with Gasteiger partial charge >= 0.3 is 0 Å². The van der Waals surface area contributed by atoms with Gasteiger partial charge in [0, 0.05) is 39.4 Å². The van der Waals surface area contributed by atoms with Crippen LogP contribution in [0.2, 0.25) is 0 Å². The zero-order chi connectivity index (χ0) is 37.0. The molecule has 0 spiro atoms. The van der Waals surface area contributed by atoms with Crippen LogP contribution in [0.15, 0.2) is 211 Å². The molecule has 56 heavy (non-hydrogen) atoms. The van der Waals surface area contributed by atoms with E-state index in [4.69, 9.17) is 4.99 Å². The van der Waals surface area contributed by atoms with Crippen molar-refractivity contribution in [1.29, 1.82) is 0 Å². The van der Waals surface area contributed by atoms with Crippen LogP contribution < -0.4 is 0 Å². The number of rotatable bonds is 6. The molecule has 11 rings (SSSR count). The molecule has 3 heteroatoms. The number of dihydropyridines is 1. The minimum atomic E-state index is -0.0244. The van der Waals surface area contributed by atoms with Gasteiger partial charge < -0.3 is 9.13 Å². The number of para-hydroxylation sites is 2. The third kappa shape index (κ3) is 5.32. The molecule has 1 aliphatic rings. The summed E-state index contributed by atoms with van der Waals surface area (Å²) in [6.45, 7) is 0. The van der Waals surface area contributed by atoms with E-state index in [2.05, 4.69) is 215 Å². The Labute approximate surface area is 325 Å². The van der Waals surface area contributed by atoms with Crippen molar-refractivity contribution < 1.29 is 0 Å². The normalized spacial score (nSPS) is 14.4. The number of hydrogen-bond donors (Lipinski definition) is 0. The monoisotopic (exact) mass is 715 g/mol. The molecule has 1 atom stereocenters. The first-order valence-corrected chi connectivity index (χ1v) is 19.4. The summed E-state index contributed by atoms with van der Waals surface area (Å²) < 4.78 is 5.07. The molecule has 10 aromatic rings. The summed E-state index contributed by atoms with van der Waals surface area (Å²) >= 11 is 0. The summed E-state index contributed by atoms with van der Waals surface area (Å²) in [4.78, 5) is 5.40. The molecule has 3 heterocycles. The van der Waals surface area contributed by atoms with Crippen LogP contribution in [-0.2, 0) is 0 Å². The summed E-state index contributed by atoms with van der Waals surface area (Å²) in [5, 5.41) is 4.95. The van der Waals surface area contributed by atoms with E-state index in [0.29, 0.717) is 0 Å².